The smallest absolute Gasteiger partial charge is 0.256 e. The molecule has 1 atom stereocenters. The summed E-state index contributed by atoms with van der Waals surface area (Å²) in [6.07, 6.45) is 0. The topological polar surface area (TPSA) is 49.4 Å². The first kappa shape index (κ1) is 17.0. The number of amides is 2. The van der Waals surface area contributed by atoms with Crippen molar-refractivity contribution in [3.63, 3.8) is 0 Å². The summed E-state index contributed by atoms with van der Waals surface area (Å²) in [4.78, 5) is 26.1. The third-order valence-corrected chi connectivity index (χ3v) is 3.58. The van der Waals surface area contributed by atoms with Gasteiger partial charge in [0.15, 0.2) is 0 Å². The van der Waals surface area contributed by atoms with E-state index in [1.54, 1.807) is 43.1 Å². The normalized spacial score (nSPS) is 11.6. The number of nitrogens with one attached hydrogen (secondary N) is 1. The predicted molar refractivity (Wildman–Crippen MR) is 92.6 cm³/mol. The second-order valence-electron chi connectivity index (χ2n) is 5.30. The van der Waals surface area contributed by atoms with Crippen LogP contribution in [0.15, 0.2) is 54.6 Å². The number of alkyl halides is 1. The van der Waals surface area contributed by atoms with E-state index in [1.165, 1.54) is 0 Å². The van der Waals surface area contributed by atoms with Crippen LogP contribution in [0.3, 0.4) is 0 Å². The number of para-hydroxylation sites is 1. The summed E-state index contributed by atoms with van der Waals surface area (Å²) in [5.74, 6) is -0.496. The van der Waals surface area contributed by atoms with Gasteiger partial charge in [-0.3, -0.25) is 9.59 Å². The van der Waals surface area contributed by atoms with Crippen LogP contribution in [0.1, 0.15) is 22.8 Å². The lowest BCUT2D eigenvalue weighted by Crippen LogP contribution is -2.28. The van der Waals surface area contributed by atoms with Crippen molar-refractivity contribution < 1.29 is 9.59 Å². The molecule has 0 saturated heterocycles. The maximum absolute atomic E-state index is 12.7. The number of hydrogen-bond donors (Lipinski definition) is 1. The molecule has 0 unspecified atom stereocenters. The summed E-state index contributed by atoms with van der Waals surface area (Å²) >= 11 is 5.77. The van der Waals surface area contributed by atoms with Gasteiger partial charge in [0.2, 0.25) is 5.91 Å². The fraction of sp³-hybridized carbons (Fsp3) is 0.222. The highest BCUT2D eigenvalue weighted by Gasteiger charge is 2.18. The second kappa shape index (κ2) is 7.79. The van der Waals surface area contributed by atoms with Crippen molar-refractivity contribution in [3.8, 4) is 0 Å². The summed E-state index contributed by atoms with van der Waals surface area (Å²) in [5, 5.41) is 2.02. The lowest BCUT2D eigenvalue weighted by molar-refractivity contribution is -0.115. The molecule has 0 aromatic heterocycles. The van der Waals surface area contributed by atoms with Crippen molar-refractivity contribution in [2.45, 2.75) is 18.8 Å². The van der Waals surface area contributed by atoms with Crippen molar-refractivity contribution in [3.05, 3.63) is 65.7 Å². The molecule has 2 aromatic carbocycles. The van der Waals surface area contributed by atoms with Crippen LogP contribution in [0.25, 0.3) is 0 Å². The van der Waals surface area contributed by atoms with E-state index in [0.717, 1.165) is 5.56 Å². The van der Waals surface area contributed by atoms with E-state index in [9.17, 15) is 9.59 Å². The van der Waals surface area contributed by atoms with E-state index in [0.29, 0.717) is 17.8 Å². The van der Waals surface area contributed by atoms with Crippen LogP contribution in [-0.4, -0.2) is 29.1 Å². The van der Waals surface area contributed by atoms with Crippen LogP contribution in [0.2, 0.25) is 0 Å². The number of benzene rings is 2. The number of carbonyl (C=O) groups is 2. The SMILES string of the molecule is C[C@H](Cl)C(=O)Nc1ccccc1C(=O)N(C)Cc1ccccc1. The highest BCUT2D eigenvalue weighted by atomic mass is 35.5. The molecule has 4 nitrogen and oxygen atoms in total. The molecule has 0 radical (unpaired) electrons. The van der Waals surface area contributed by atoms with Crippen LogP contribution >= 0.6 is 11.6 Å². The summed E-state index contributed by atoms with van der Waals surface area (Å²) in [5.41, 5.74) is 1.95. The zero-order chi connectivity index (χ0) is 16.8. The number of rotatable bonds is 5. The largest absolute Gasteiger partial charge is 0.337 e. The fourth-order valence-electron chi connectivity index (χ4n) is 2.15. The number of halogens is 1. The van der Waals surface area contributed by atoms with Gasteiger partial charge < -0.3 is 10.2 Å². The van der Waals surface area contributed by atoms with E-state index in [4.69, 9.17) is 11.6 Å². The molecule has 0 spiro atoms. The van der Waals surface area contributed by atoms with Gasteiger partial charge >= 0.3 is 0 Å². The predicted octanol–water partition coefficient (Wildman–Crippen LogP) is 3.52. The van der Waals surface area contributed by atoms with Gasteiger partial charge in [0.05, 0.1) is 11.3 Å². The minimum absolute atomic E-state index is 0.160. The molecule has 0 aliphatic rings. The molecule has 0 fully saturated rings. The van der Waals surface area contributed by atoms with Crippen molar-refractivity contribution in [2.75, 3.05) is 12.4 Å². The molecule has 2 rings (SSSR count). The molecule has 2 amide bonds. The van der Waals surface area contributed by atoms with E-state index >= 15 is 0 Å². The zero-order valence-electron chi connectivity index (χ0n) is 13.1. The first-order valence-electron chi connectivity index (χ1n) is 7.32. The molecule has 0 bridgehead atoms. The van der Waals surface area contributed by atoms with E-state index in [1.807, 2.05) is 30.3 Å². The Labute approximate surface area is 141 Å². The summed E-state index contributed by atoms with van der Waals surface area (Å²) in [6.45, 7) is 2.08. The Hall–Kier alpha value is -2.33. The fourth-order valence-corrected chi connectivity index (χ4v) is 2.20. The van der Waals surface area contributed by atoms with Gasteiger partial charge in [0, 0.05) is 13.6 Å². The highest BCUT2D eigenvalue weighted by Crippen LogP contribution is 2.18. The van der Waals surface area contributed by atoms with Gasteiger partial charge in [-0.2, -0.15) is 0 Å². The average Bonchev–Trinajstić information content (AvgIpc) is 2.55. The number of nitrogens with zero attached hydrogens (tertiary/aromatic N) is 1. The number of carbonyl (C=O) groups excluding carboxylic acids is 2. The minimum Gasteiger partial charge on any atom is -0.337 e. The average molecular weight is 331 g/mol. The van der Waals surface area contributed by atoms with Gasteiger partial charge in [-0.1, -0.05) is 42.5 Å². The van der Waals surface area contributed by atoms with Crippen LogP contribution in [0.5, 0.6) is 0 Å². The van der Waals surface area contributed by atoms with Crippen molar-refractivity contribution >= 4 is 29.1 Å². The number of hydrogen-bond acceptors (Lipinski definition) is 2. The van der Waals surface area contributed by atoms with Gasteiger partial charge in [0.1, 0.15) is 5.38 Å². The molecular formula is C18H19ClN2O2. The lowest BCUT2D eigenvalue weighted by atomic mass is 10.1. The Morgan fingerprint density at radius 3 is 2.35 bits per heavy atom. The standard InChI is InChI=1S/C18H19ClN2O2/c1-13(19)17(22)20-16-11-7-6-10-15(16)18(23)21(2)12-14-8-4-3-5-9-14/h3-11,13H,12H2,1-2H3,(H,20,22)/t13-/m0/s1. The summed E-state index contributed by atoms with van der Waals surface area (Å²) < 4.78 is 0. The summed E-state index contributed by atoms with van der Waals surface area (Å²) in [7, 11) is 1.73. The molecule has 5 heteroatoms. The number of anilines is 1. The zero-order valence-corrected chi connectivity index (χ0v) is 13.9. The lowest BCUT2D eigenvalue weighted by Gasteiger charge is -2.19. The van der Waals surface area contributed by atoms with Crippen molar-refractivity contribution in [1.82, 2.24) is 4.90 Å². The first-order valence-corrected chi connectivity index (χ1v) is 7.76. The quantitative estimate of drug-likeness (QED) is 0.853. The van der Waals surface area contributed by atoms with Crippen LogP contribution in [-0.2, 0) is 11.3 Å². The Morgan fingerprint density at radius 1 is 1.09 bits per heavy atom. The van der Waals surface area contributed by atoms with Crippen LogP contribution < -0.4 is 5.32 Å². The van der Waals surface area contributed by atoms with Crippen LogP contribution in [0, 0.1) is 0 Å². The van der Waals surface area contributed by atoms with Crippen molar-refractivity contribution in [1.29, 1.82) is 0 Å². The third kappa shape index (κ3) is 4.57. The maximum atomic E-state index is 12.7. The molecular weight excluding hydrogens is 312 g/mol. The maximum Gasteiger partial charge on any atom is 0.256 e. The Morgan fingerprint density at radius 2 is 1.70 bits per heavy atom. The molecule has 0 heterocycles. The molecule has 23 heavy (non-hydrogen) atoms. The Bertz CT molecular complexity index is 686. The highest BCUT2D eigenvalue weighted by molar-refractivity contribution is 6.32. The molecule has 0 aliphatic heterocycles. The van der Waals surface area contributed by atoms with Gasteiger partial charge in [-0.25, -0.2) is 0 Å². The monoisotopic (exact) mass is 330 g/mol. The molecule has 120 valence electrons. The Kier molecular flexibility index (Phi) is 5.77. The molecule has 0 aliphatic carbocycles. The van der Waals surface area contributed by atoms with Gasteiger partial charge in [-0.05, 0) is 24.6 Å². The van der Waals surface area contributed by atoms with E-state index < -0.39 is 5.38 Å². The molecule has 1 N–H and O–H groups in total. The third-order valence-electron chi connectivity index (χ3n) is 3.39. The van der Waals surface area contributed by atoms with Crippen molar-refractivity contribution in [2.24, 2.45) is 0 Å². The first-order chi connectivity index (χ1) is 11.0. The second-order valence-corrected chi connectivity index (χ2v) is 5.95. The minimum atomic E-state index is -0.666. The molecule has 0 saturated carbocycles. The Balaban J connectivity index is 2.17. The van der Waals surface area contributed by atoms with E-state index in [2.05, 4.69) is 5.32 Å². The van der Waals surface area contributed by atoms with Gasteiger partial charge in [-0.15, -0.1) is 11.6 Å². The summed E-state index contributed by atoms with van der Waals surface area (Å²) in [6, 6.07) is 16.7. The molecule has 2 aromatic rings. The van der Waals surface area contributed by atoms with Gasteiger partial charge in [0.25, 0.3) is 5.91 Å². The van der Waals surface area contributed by atoms with Crippen LogP contribution in [0.4, 0.5) is 5.69 Å². The van der Waals surface area contributed by atoms with E-state index in [-0.39, 0.29) is 11.8 Å².